The summed E-state index contributed by atoms with van der Waals surface area (Å²) in [6.07, 6.45) is 9.89. The third-order valence-electron chi connectivity index (χ3n) is 2.62. The number of aliphatic hydroxyl groups is 1. The van der Waals surface area contributed by atoms with Crippen LogP contribution in [0.3, 0.4) is 0 Å². The maximum absolute atomic E-state index is 10.9. The Kier molecular flexibility index (Phi) is 5.98. The van der Waals surface area contributed by atoms with Crippen LogP contribution in [0, 0.1) is 0 Å². The summed E-state index contributed by atoms with van der Waals surface area (Å²) in [5.41, 5.74) is 0.940. The number of nitrogens with one attached hydrogen (secondary N) is 1. The summed E-state index contributed by atoms with van der Waals surface area (Å²) < 4.78 is 0. The average Bonchev–Trinajstić information content (AvgIpc) is 2.59. The number of hydrogen-bond donors (Lipinski definition) is 2. The largest absolute Gasteiger partial charge is 0.512 e. The molecule has 2 N–H and O–H groups in total. The van der Waals surface area contributed by atoms with Crippen molar-refractivity contribution in [2.45, 2.75) is 6.42 Å². The van der Waals surface area contributed by atoms with Gasteiger partial charge in [-0.1, -0.05) is 36.4 Å². The lowest BCUT2D eigenvalue weighted by Gasteiger charge is -1.88. The van der Waals surface area contributed by atoms with E-state index in [0.29, 0.717) is 23.3 Å². The lowest BCUT2D eigenvalue weighted by atomic mass is 10.1. The maximum atomic E-state index is 10.9. The Labute approximate surface area is 127 Å². The van der Waals surface area contributed by atoms with Crippen molar-refractivity contribution in [3.8, 4) is 0 Å². The number of amides is 2. The summed E-state index contributed by atoms with van der Waals surface area (Å²) in [7, 11) is 0. The van der Waals surface area contributed by atoms with Crippen LogP contribution in [0.1, 0.15) is 27.1 Å². The fraction of sp³-hybridized carbons (Fsp3) is 0.0667. The van der Waals surface area contributed by atoms with Crippen LogP contribution in [-0.2, 0) is 0 Å². The third kappa shape index (κ3) is 3.95. The van der Waals surface area contributed by atoms with E-state index in [1.807, 2.05) is 24.3 Å². The molecule has 20 heavy (non-hydrogen) atoms. The normalized spacial score (nSPS) is 15.1. The van der Waals surface area contributed by atoms with E-state index in [2.05, 4.69) is 5.32 Å². The number of imide groups is 1. The summed E-state index contributed by atoms with van der Waals surface area (Å²) in [6.45, 7) is 0. The highest BCUT2D eigenvalue weighted by Gasteiger charge is 2.25. The summed E-state index contributed by atoms with van der Waals surface area (Å²) in [5.74, 6) is -0.175. The Morgan fingerprint density at radius 3 is 2.15 bits per heavy atom. The summed E-state index contributed by atoms with van der Waals surface area (Å²) in [6, 6.07) is 6.74. The molecular weight excluding hydrogens is 269 g/mol. The zero-order valence-corrected chi connectivity index (χ0v) is 10.2. The molecule has 1 aliphatic carbocycles. The van der Waals surface area contributed by atoms with Crippen LogP contribution in [0.4, 0.5) is 0 Å². The number of carbonyl (C=O) groups excluding carboxylic acids is 2. The summed E-state index contributed by atoms with van der Waals surface area (Å²) in [4.78, 5) is 21.9. The molecule has 0 bridgehead atoms. The van der Waals surface area contributed by atoms with E-state index in [0.717, 1.165) is 0 Å². The third-order valence-corrected chi connectivity index (χ3v) is 2.62. The monoisotopic (exact) mass is 285 g/mol. The second-order valence-electron chi connectivity index (χ2n) is 4.00. The number of aliphatic hydroxyl groups excluding tert-OH is 1. The van der Waals surface area contributed by atoms with Gasteiger partial charge in [0.05, 0.1) is 16.9 Å². The van der Waals surface area contributed by atoms with Gasteiger partial charge in [-0.25, -0.2) is 0 Å². The van der Waals surface area contributed by atoms with Crippen molar-refractivity contribution >= 4 is 29.2 Å². The molecule has 0 radical (unpaired) electrons. The van der Waals surface area contributed by atoms with E-state index in [1.165, 1.54) is 0 Å². The fourth-order valence-electron chi connectivity index (χ4n) is 1.68. The molecule has 0 saturated heterocycles. The molecule has 5 heteroatoms. The molecule has 4 nitrogen and oxygen atoms in total. The highest BCUT2D eigenvalue weighted by Crippen LogP contribution is 2.13. The Bertz CT molecular complexity index is 570. The summed E-state index contributed by atoms with van der Waals surface area (Å²) >= 11 is 0. The van der Waals surface area contributed by atoms with Gasteiger partial charge < -0.3 is 5.11 Å². The predicted octanol–water partition coefficient (Wildman–Crippen LogP) is 1.33. The first kappa shape index (κ1) is 16.0. The van der Waals surface area contributed by atoms with Crippen molar-refractivity contribution in [3.63, 3.8) is 0 Å². The molecule has 0 unspecified atom stereocenters. The molecular formula is C15H16AlNO3. The van der Waals surface area contributed by atoms with Crippen molar-refractivity contribution in [2.75, 3.05) is 0 Å². The van der Waals surface area contributed by atoms with Crippen LogP contribution in [0.25, 0.3) is 0 Å². The van der Waals surface area contributed by atoms with E-state index in [1.54, 1.807) is 30.3 Å². The second kappa shape index (κ2) is 7.49. The van der Waals surface area contributed by atoms with Crippen LogP contribution in [0.5, 0.6) is 0 Å². The number of benzene rings is 1. The Morgan fingerprint density at radius 2 is 1.55 bits per heavy atom. The number of rotatable bonds is 0. The molecule has 2 aliphatic rings. The molecule has 0 atom stereocenters. The Morgan fingerprint density at radius 1 is 0.950 bits per heavy atom. The smallest absolute Gasteiger partial charge is 0.258 e. The van der Waals surface area contributed by atoms with Crippen LogP contribution in [-0.4, -0.2) is 34.3 Å². The van der Waals surface area contributed by atoms with Gasteiger partial charge in [-0.05, 0) is 18.2 Å². The number of carbonyl (C=O) groups is 2. The van der Waals surface area contributed by atoms with Gasteiger partial charge in [-0.15, -0.1) is 0 Å². The molecule has 0 fully saturated rings. The lowest BCUT2D eigenvalue weighted by molar-refractivity contribution is 0.0879. The topological polar surface area (TPSA) is 66.4 Å². The molecule has 1 aliphatic heterocycles. The van der Waals surface area contributed by atoms with Crippen molar-refractivity contribution < 1.29 is 14.7 Å². The predicted molar refractivity (Wildman–Crippen MR) is 81.8 cm³/mol. The first-order chi connectivity index (χ1) is 9.18. The first-order valence-electron chi connectivity index (χ1n) is 5.84. The minimum atomic E-state index is -0.300. The van der Waals surface area contributed by atoms with Crippen LogP contribution >= 0.6 is 0 Å². The van der Waals surface area contributed by atoms with Crippen LogP contribution in [0.15, 0.2) is 60.4 Å². The van der Waals surface area contributed by atoms with Crippen molar-refractivity contribution in [3.05, 3.63) is 71.5 Å². The zero-order chi connectivity index (χ0) is 13.7. The molecule has 3 rings (SSSR count). The van der Waals surface area contributed by atoms with Gasteiger partial charge in [-0.2, -0.15) is 0 Å². The van der Waals surface area contributed by atoms with E-state index >= 15 is 0 Å². The van der Waals surface area contributed by atoms with Gasteiger partial charge in [-0.3, -0.25) is 14.9 Å². The lowest BCUT2D eigenvalue weighted by Crippen LogP contribution is -2.19. The number of fused-ring (bicyclic) bond motifs is 1. The van der Waals surface area contributed by atoms with E-state index in [9.17, 15) is 9.59 Å². The highest BCUT2D eigenvalue weighted by atomic mass is 27.0. The SMILES string of the molecule is O=C1NC(=O)c2ccccc21.OC1=CC=CC=CC1.[AlH3]. The zero-order valence-electron chi connectivity index (χ0n) is 10.2. The molecule has 0 aromatic heterocycles. The molecule has 0 spiro atoms. The Balaban J connectivity index is 0.000000200. The molecule has 1 aromatic carbocycles. The quantitative estimate of drug-likeness (QED) is 0.558. The van der Waals surface area contributed by atoms with E-state index < -0.39 is 0 Å². The van der Waals surface area contributed by atoms with Gasteiger partial charge in [0.2, 0.25) is 0 Å². The van der Waals surface area contributed by atoms with Crippen molar-refractivity contribution in [1.29, 1.82) is 0 Å². The van der Waals surface area contributed by atoms with Gasteiger partial charge in [0, 0.05) is 6.42 Å². The molecule has 1 heterocycles. The van der Waals surface area contributed by atoms with Gasteiger partial charge >= 0.3 is 0 Å². The van der Waals surface area contributed by atoms with E-state index in [4.69, 9.17) is 5.11 Å². The van der Waals surface area contributed by atoms with E-state index in [-0.39, 0.29) is 29.2 Å². The molecule has 0 saturated carbocycles. The van der Waals surface area contributed by atoms with Gasteiger partial charge in [0.15, 0.2) is 17.4 Å². The minimum absolute atomic E-state index is 0. The van der Waals surface area contributed by atoms with Gasteiger partial charge in [0.25, 0.3) is 11.8 Å². The standard InChI is InChI=1S/C8H5NO2.C7H8O.Al.3H/c10-7-5-3-1-2-4-6(5)8(11)9-7;8-7-5-3-1-2-4-6-7;;;;/h1-4H,(H,9,10,11);1-5,8H,6H2;;;;. The van der Waals surface area contributed by atoms with Crippen LogP contribution in [0.2, 0.25) is 0 Å². The van der Waals surface area contributed by atoms with Crippen molar-refractivity contribution in [1.82, 2.24) is 5.32 Å². The number of allylic oxidation sites excluding steroid dienone is 5. The highest BCUT2D eigenvalue weighted by molar-refractivity contribution is 6.21. The summed E-state index contributed by atoms with van der Waals surface area (Å²) in [5, 5.41) is 11.1. The molecule has 2 amide bonds. The Hall–Kier alpha value is -2.09. The van der Waals surface area contributed by atoms with Crippen LogP contribution < -0.4 is 5.32 Å². The second-order valence-corrected chi connectivity index (χ2v) is 4.00. The maximum Gasteiger partial charge on any atom is 0.258 e. The average molecular weight is 285 g/mol. The minimum Gasteiger partial charge on any atom is -0.512 e. The number of hydrogen-bond acceptors (Lipinski definition) is 3. The molecule has 1 aromatic rings. The molecule has 102 valence electrons. The fourth-order valence-corrected chi connectivity index (χ4v) is 1.68. The van der Waals surface area contributed by atoms with Gasteiger partial charge in [0.1, 0.15) is 0 Å². The van der Waals surface area contributed by atoms with Crippen molar-refractivity contribution in [2.24, 2.45) is 0 Å². The first-order valence-corrected chi connectivity index (χ1v) is 5.84.